The Hall–Kier alpha value is -1.04. The minimum absolute atomic E-state index is 0.153. The van der Waals surface area contributed by atoms with Gasteiger partial charge in [0, 0.05) is 0 Å². The van der Waals surface area contributed by atoms with E-state index in [1.54, 1.807) is 0 Å². The van der Waals surface area contributed by atoms with Crippen LogP contribution >= 0.6 is 0 Å². The number of nitrogens with zero attached hydrogens (tertiary/aromatic N) is 1. The number of nitrogen functional groups attached to an aromatic ring is 1. The van der Waals surface area contributed by atoms with Gasteiger partial charge in [-0.2, -0.15) is 5.10 Å². The Kier molecular flexibility index (Phi) is 2.68. The molecule has 2 rings (SSSR count). The molecule has 1 fully saturated rings. The Morgan fingerprint density at radius 2 is 2.00 bits per heavy atom. The molecule has 1 aliphatic rings. The van der Waals surface area contributed by atoms with Gasteiger partial charge in [-0.05, 0) is 12.8 Å². The summed E-state index contributed by atoms with van der Waals surface area (Å²) in [5.41, 5.74) is 5.54. The van der Waals surface area contributed by atoms with Gasteiger partial charge < -0.3 is 5.73 Å². The molecule has 3 N–H and O–H groups in total. The van der Waals surface area contributed by atoms with Crippen LogP contribution in [0.5, 0.6) is 0 Å². The fraction of sp³-hybridized carbons (Fsp3) is 0.667. The van der Waals surface area contributed by atoms with E-state index in [0.29, 0.717) is 0 Å². The number of sulfone groups is 1. The molecule has 0 radical (unpaired) electrons. The first-order chi connectivity index (χ1) is 7.12. The lowest BCUT2D eigenvalue weighted by atomic mass is 10.0. The minimum Gasteiger partial charge on any atom is -0.383 e. The normalized spacial score (nSPS) is 19.2. The van der Waals surface area contributed by atoms with Gasteiger partial charge in [0.25, 0.3) is 0 Å². The quantitative estimate of drug-likeness (QED) is 0.794. The van der Waals surface area contributed by atoms with Gasteiger partial charge in [-0.1, -0.05) is 19.3 Å². The van der Waals surface area contributed by atoms with Gasteiger partial charge >= 0.3 is 0 Å². The summed E-state index contributed by atoms with van der Waals surface area (Å²) in [7, 11) is -3.27. The average molecular weight is 229 g/mol. The van der Waals surface area contributed by atoms with E-state index in [0.717, 1.165) is 32.1 Å². The number of aromatic nitrogens is 2. The molecule has 15 heavy (non-hydrogen) atoms. The summed E-state index contributed by atoms with van der Waals surface area (Å²) >= 11 is 0. The van der Waals surface area contributed by atoms with Crippen LogP contribution in [-0.4, -0.2) is 23.9 Å². The first kappa shape index (κ1) is 10.5. The van der Waals surface area contributed by atoms with Crippen molar-refractivity contribution in [1.29, 1.82) is 0 Å². The van der Waals surface area contributed by atoms with Crippen molar-refractivity contribution in [2.24, 2.45) is 0 Å². The molecule has 6 heteroatoms. The molecule has 1 aromatic rings. The standard InChI is InChI=1S/C9H15N3O2S/c10-9-8(6-11-12-9)15(13,14)7-4-2-1-3-5-7/h6-7H,1-5H2,(H3,10,11,12). The van der Waals surface area contributed by atoms with E-state index in [2.05, 4.69) is 10.2 Å². The zero-order valence-corrected chi connectivity index (χ0v) is 9.26. The van der Waals surface area contributed by atoms with E-state index in [1.807, 2.05) is 0 Å². The van der Waals surface area contributed by atoms with E-state index in [9.17, 15) is 8.42 Å². The number of rotatable bonds is 2. The van der Waals surface area contributed by atoms with Crippen LogP contribution in [-0.2, 0) is 9.84 Å². The fourth-order valence-corrected chi connectivity index (χ4v) is 3.93. The maximum atomic E-state index is 12.1. The number of nitrogens with two attached hydrogens (primary N) is 1. The summed E-state index contributed by atoms with van der Waals surface area (Å²) in [5, 5.41) is 5.84. The second kappa shape index (κ2) is 3.84. The highest BCUT2D eigenvalue weighted by molar-refractivity contribution is 7.92. The zero-order chi connectivity index (χ0) is 10.9. The summed E-state index contributed by atoms with van der Waals surface area (Å²) in [6.45, 7) is 0. The van der Waals surface area contributed by atoms with Crippen LogP contribution < -0.4 is 5.73 Å². The van der Waals surface area contributed by atoms with Gasteiger partial charge in [-0.15, -0.1) is 0 Å². The lowest BCUT2D eigenvalue weighted by molar-refractivity contribution is 0.484. The highest BCUT2D eigenvalue weighted by Gasteiger charge is 2.31. The molecule has 1 aliphatic carbocycles. The predicted octanol–water partition coefficient (Wildman–Crippen LogP) is 1.10. The number of hydrogen-bond donors (Lipinski definition) is 2. The van der Waals surface area contributed by atoms with Crippen LogP contribution in [0.25, 0.3) is 0 Å². The van der Waals surface area contributed by atoms with Crippen molar-refractivity contribution in [3.63, 3.8) is 0 Å². The van der Waals surface area contributed by atoms with Crippen molar-refractivity contribution in [2.45, 2.75) is 42.2 Å². The molecular weight excluding hydrogens is 214 g/mol. The lowest BCUT2D eigenvalue weighted by Crippen LogP contribution is -2.24. The lowest BCUT2D eigenvalue weighted by Gasteiger charge is -2.21. The van der Waals surface area contributed by atoms with Gasteiger partial charge in [0.05, 0.1) is 11.4 Å². The van der Waals surface area contributed by atoms with Crippen molar-refractivity contribution in [3.8, 4) is 0 Å². The minimum atomic E-state index is -3.27. The van der Waals surface area contributed by atoms with Crippen molar-refractivity contribution < 1.29 is 8.42 Å². The Bertz CT molecular complexity index is 432. The summed E-state index contributed by atoms with van der Waals surface area (Å²) in [6, 6.07) is 0. The van der Waals surface area contributed by atoms with Crippen molar-refractivity contribution >= 4 is 15.7 Å². The van der Waals surface area contributed by atoms with E-state index >= 15 is 0 Å². The molecule has 1 saturated carbocycles. The van der Waals surface area contributed by atoms with Crippen LogP contribution in [0.2, 0.25) is 0 Å². The molecule has 0 unspecified atom stereocenters. The van der Waals surface area contributed by atoms with Crippen molar-refractivity contribution in [3.05, 3.63) is 6.20 Å². The zero-order valence-electron chi connectivity index (χ0n) is 8.44. The highest BCUT2D eigenvalue weighted by Crippen LogP contribution is 2.29. The molecule has 0 aromatic carbocycles. The summed E-state index contributed by atoms with van der Waals surface area (Å²) in [4.78, 5) is 0.161. The molecule has 0 aliphatic heterocycles. The first-order valence-electron chi connectivity index (χ1n) is 5.15. The number of anilines is 1. The molecule has 0 saturated heterocycles. The Morgan fingerprint density at radius 3 is 2.53 bits per heavy atom. The highest BCUT2D eigenvalue weighted by atomic mass is 32.2. The molecule has 5 nitrogen and oxygen atoms in total. The van der Waals surface area contributed by atoms with Gasteiger partial charge in [0.1, 0.15) is 10.7 Å². The topological polar surface area (TPSA) is 88.8 Å². The third-order valence-electron chi connectivity index (χ3n) is 2.93. The third kappa shape index (κ3) is 1.86. The summed E-state index contributed by atoms with van der Waals surface area (Å²) in [6.07, 6.45) is 5.90. The van der Waals surface area contributed by atoms with Gasteiger partial charge in [-0.3, -0.25) is 5.10 Å². The van der Waals surface area contributed by atoms with Crippen molar-refractivity contribution in [2.75, 3.05) is 5.73 Å². The second-order valence-corrected chi connectivity index (χ2v) is 6.15. The number of H-pyrrole nitrogens is 1. The number of hydrogen-bond acceptors (Lipinski definition) is 4. The third-order valence-corrected chi connectivity index (χ3v) is 5.22. The van der Waals surface area contributed by atoms with E-state index in [1.165, 1.54) is 6.20 Å². The van der Waals surface area contributed by atoms with Crippen LogP contribution in [0.3, 0.4) is 0 Å². The van der Waals surface area contributed by atoms with Crippen LogP contribution in [0.1, 0.15) is 32.1 Å². The Balaban J connectivity index is 2.30. The van der Waals surface area contributed by atoms with E-state index < -0.39 is 9.84 Å². The monoisotopic (exact) mass is 229 g/mol. The molecule has 0 atom stereocenters. The maximum absolute atomic E-state index is 12.1. The summed E-state index contributed by atoms with van der Waals surface area (Å²) < 4.78 is 24.3. The predicted molar refractivity (Wildman–Crippen MR) is 57.1 cm³/mol. The maximum Gasteiger partial charge on any atom is 0.186 e. The molecular formula is C9H15N3O2S. The van der Waals surface area contributed by atoms with Crippen LogP contribution in [0, 0.1) is 0 Å². The van der Waals surface area contributed by atoms with Gasteiger partial charge in [0.2, 0.25) is 0 Å². The van der Waals surface area contributed by atoms with Gasteiger partial charge in [-0.25, -0.2) is 8.42 Å². The average Bonchev–Trinajstić information content (AvgIpc) is 2.66. The smallest absolute Gasteiger partial charge is 0.186 e. The molecule has 0 amide bonds. The number of aromatic amines is 1. The first-order valence-corrected chi connectivity index (χ1v) is 6.70. The van der Waals surface area contributed by atoms with Crippen LogP contribution in [0.15, 0.2) is 11.1 Å². The second-order valence-electron chi connectivity index (χ2n) is 3.95. The van der Waals surface area contributed by atoms with Crippen LogP contribution in [0.4, 0.5) is 5.82 Å². The molecule has 1 aromatic heterocycles. The SMILES string of the molecule is Nc1[nH]ncc1S(=O)(=O)C1CCCCC1. The molecule has 0 bridgehead atoms. The molecule has 84 valence electrons. The Morgan fingerprint density at radius 1 is 1.33 bits per heavy atom. The van der Waals surface area contributed by atoms with Crippen molar-refractivity contribution in [1.82, 2.24) is 10.2 Å². The Labute approximate surface area is 89.0 Å². The fourth-order valence-electron chi connectivity index (χ4n) is 2.07. The van der Waals surface area contributed by atoms with E-state index in [-0.39, 0.29) is 16.0 Å². The summed E-state index contributed by atoms with van der Waals surface area (Å²) in [5.74, 6) is 0.153. The molecule has 0 spiro atoms. The van der Waals surface area contributed by atoms with Gasteiger partial charge in [0.15, 0.2) is 9.84 Å². The van der Waals surface area contributed by atoms with E-state index in [4.69, 9.17) is 5.73 Å². The largest absolute Gasteiger partial charge is 0.383 e. The number of nitrogens with one attached hydrogen (secondary N) is 1. The molecule has 1 heterocycles.